The van der Waals surface area contributed by atoms with E-state index in [1.54, 1.807) is 18.5 Å². The third-order valence-corrected chi connectivity index (χ3v) is 7.82. The molecule has 0 aliphatic carbocycles. The number of amides is 1. The quantitative estimate of drug-likeness (QED) is 0.110. The fourth-order valence-corrected chi connectivity index (χ4v) is 5.98. The van der Waals surface area contributed by atoms with Gasteiger partial charge in [0, 0.05) is 45.2 Å². The van der Waals surface area contributed by atoms with Crippen LogP contribution in [-0.4, -0.2) is 49.5 Å². The molecule has 1 N–H and O–H groups in total. The van der Waals surface area contributed by atoms with Crippen LogP contribution in [0.25, 0.3) is 0 Å². The number of nitrogens with one attached hydrogen (secondary N) is 1. The van der Waals surface area contributed by atoms with E-state index in [2.05, 4.69) is 22.0 Å². The molecule has 1 amide bonds. The van der Waals surface area contributed by atoms with Crippen molar-refractivity contribution in [2.75, 3.05) is 30.9 Å². The number of para-hydroxylation sites is 1. The van der Waals surface area contributed by atoms with Crippen LogP contribution in [0.2, 0.25) is 0 Å². The van der Waals surface area contributed by atoms with Gasteiger partial charge in [-0.2, -0.15) is 5.10 Å². The largest absolute Gasteiger partial charge is 0.356 e. The van der Waals surface area contributed by atoms with Crippen LogP contribution in [0.3, 0.4) is 0 Å². The summed E-state index contributed by atoms with van der Waals surface area (Å²) in [7, 11) is 5.90. The predicted octanol–water partition coefficient (Wildman–Crippen LogP) is 6.18. The molecule has 1 fully saturated rings. The highest BCUT2D eigenvalue weighted by Crippen LogP contribution is 2.39. The molecule has 0 saturated carbocycles. The number of aliphatic imine (C=N–C) groups is 1. The molecule has 0 spiro atoms. The van der Waals surface area contributed by atoms with Crippen molar-refractivity contribution < 1.29 is 6.22 Å². The van der Waals surface area contributed by atoms with Gasteiger partial charge >= 0.3 is 0 Å². The van der Waals surface area contributed by atoms with Crippen molar-refractivity contribution in [3.63, 3.8) is 0 Å². The third kappa shape index (κ3) is 12.4. The van der Waals surface area contributed by atoms with Gasteiger partial charge in [-0.25, -0.2) is 0 Å². The maximum absolute atomic E-state index is 11.9. The molecule has 0 aromatic heterocycles. The number of allylic oxidation sites excluding steroid dienone is 3. The minimum Gasteiger partial charge on any atom is -0.356 e. The minimum atomic E-state index is 0. The second kappa shape index (κ2) is 17.8. The van der Waals surface area contributed by atoms with Crippen LogP contribution in [0, 0.1) is 0 Å². The first-order valence-electron chi connectivity index (χ1n) is 10.9. The average molecular weight is 497 g/mol. The molecule has 178 valence electrons. The number of nitrogens with zero attached hydrogens (tertiary/aromatic N) is 3. The molecule has 1 heterocycles. The van der Waals surface area contributed by atoms with Gasteiger partial charge in [0.05, 0.1) is 11.9 Å². The Morgan fingerprint density at radius 3 is 2.84 bits per heavy atom. The number of benzene rings is 1. The molecule has 2 rings (SSSR count). The van der Waals surface area contributed by atoms with Crippen molar-refractivity contribution in [3.05, 3.63) is 54.6 Å². The lowest BCUT2D eigenvalue weighted by Crippen LogP contribution is -2.24. The summed E-state index contributed by atoms with van der Waals surface area (Å²) < 4.78 is 0. The van der Waals surface area contributed by atoms with Gasteiger partial charge in [0.2, 0.25) is 5.91 Å². The molecule has 1 aliphatic heterocycles. The van der Waals surface area contributed by atoms with Gasteiger partial charge in [-0.05, 0) is 49.5 Å². The normalized spacial score (nSPS) is 16.3. The number of halogens is 1. The summed E-state index contributed by atoms with van der Waals surface area (Å²) in [6, 6.07) is 9.95. The van der Waals surface area contributed by atoms with Gasteiger partial charge in [-0.1, -0.05) is 58.9 Å². The fraction of sp³-hybridized carbons (Fsp3) is 0.458. The third-order valence-electron chi connectivity index (χ3n) is 4.81. The van der Waals surface area contributed by atoms with Gasteiger partial charge < -0.3 is 5.32 Å². The van der Waals surface area contributed by atoms with Crippen molar-refractivity contribution in [1.82, 2.24) is 5.32 Å². The molecule has 1 saturated heterocycles. The van der Waals surface area contributed by atoms with E-state index in [4.69, 9.17) is 0 Å². The molecule has 5 nitrogen and oxygen atoms in total. The van der Waals surface area contributed by atoms with Crippen molar-refractivity contribution >= 4 is 58.0 Å². The van der Waals surface area contributed by atoms with Gasteiger partial charge in [0.1, 0.15) is 0 Å². The zero-order valence-corrected chi connectivity index (χ0v) is 21.3. The van der Waals surface area contributed by atoms with E-state index in [-0.39, 0.29) is 19.7 Å². The Balaban J connectivity index is 0.00000512. The van der Waals surface area contributed by atoms with E-state index < -0.39 is 0 Å². The molecule has 1 unspecified atom stereocenters. The number of anilines is 1. The van der Waals surface area contributed by atoms with Crippen LogP contribution in [0.15, 0.2) is 64.7 Å². The van der Waals surface area contributed by atoms with Crippen molar-refractivity contribution in [1.29, 1.82) is 0 Å². The Morgan fingerprint density at radius 1 is 1.31 bits per heavy atom. The van der Waals surface area contributed by atoms with Crippen LogP contribution >= 0.6 is 34.0 Å². The second-order valence-electron chi connectivity index (χ2n) is 7.31. The number of carbonyl (C=O) groups excluding carboxylic acids is 1. The van der Waals surface area contributed by atoms with E-state index in [1.807, 2.05) is 70.1 Å². The van der Waals surface area contributed by atoms with Crippen molar-refractivity contribution in [2.45, 2.75) is 43.8 Å². The monoisotopic (exact) mass is 496 g/mol. The Morgan fingerprint density at radius 2 is 2.12 bits per heavy atom. The Kier molecular flexibility index (Phi) is 15.8. The van der Waals surface area contributed by atoms with Crippen LogP contribution in [0.4, 0.5) is 5.69 Å². The zero-order chi connectivity index (χ0) is 22.2. The smallest absolute Gasteiger partial charge is 0.219 e. The van der Waals surface area contributed by atoms with E-state index in [0.717, 1.165) is 35.8 Å². The van der Waals surface area contributed by atoms with E-state index >= 15 is 0 Å². The summed E-state index contributed by atoms with van der Waals surface area (Å²) in [6.07, 6.45) is 13.3. The van der Waals surface area contributed by atoms with Crippen LogP contribution in [0.5, 0.6) is 0 Å². The average Bonchev–Trinajstić information content (AvgIpc) is 3.32. The highest BCUT2D eigenvalue weighted by Gasteiger charge is 2.15. The fourth-order valence-electron chi connectivity index (χ4n) is 2.95. The Bertz CT molecular complexity index is 756. The van der Waals surface area contributed by atoms with E-state index in [0.29, 0.717) is 19.5 Å². The summed E-state index contributed by atoms with van der Waals surface area (Å²) >= 11 is 0. The predicted molar refractivity (Wildman–Crippen MR) is 149 cm³/mol. The number of rotatable bonds is 14. The van der Waals surface area contributed by atoms with Crippen molar-refractivity contribution in [2.24, 2.45) is 10.1 Å². The number of carbonyl (C=O) groups is 1. The topological polar surface area (TPSA) is 57.1 Å². The first-order valence-corrected chi connectivity index (χ1v) is 13.3. The molecule has 1 aromatic rings. The van der Waals surface area contributed by atoms with Gasteiger partial charge in [0.25, 0.3) is 0 Å². The second-order valence-corrected chi connectivity index (χ2v) is 10.1. The SMILES string of the molecule is C=CC(/C=N/N(C)c1ccccc1)=C\C=NCCCNC(=O)CCCCC1CCSS1.Cl.[HH]. The molecule has 1 aromatic carbocycles. The lowest BCUT2D eigenvalue weighted by Gasteiger charge is -2.12. The number of unbranched alkanes of at least 4 members (excludes halogenated alkanes) is 1. The maximum atomic E-state index is 11.9. The zero-order valence-electron chi connectivity index (χ0n) is 18.8. The summed E-state index contributed by atoms with van der Waals surface area (Å²) in [4.78, 5) is 16.3. The van der Waals surface area contributed by atoms with E-state index in [9.17, 15) is 4.79 Å². The standard InChI is InChI=1S/C24H34N4OS2.ClH.H2/c1-3-21(20-27-28(2)22-10-5-4-6-11-22)14-18-25-16-9-17-26-24(29)13-8-7-12-23-15-19-30-31-23;;/h3-6,10-11,14,18,20,23H,1,7-9,12-13,15-17,19H2,2H3,(H,26,29);2*1H/b21-14+,25-18?,27-20+;;. The molecule has 32 heavy (non-hydrogen) atoms. The first kappa shape index (κ1) is 28.3. The maximum Gasteiger partial charge on any atom is 0.219 e. The highest BCUT2D eigenvalue weighted by atomic mass is 35.5. The molecular formula is C24H37ClN4OS2. The lowest BCUT2D eigenvalue weighted by atomic mass is 10.1. The lowest BCUT2D eigenvalue weighted by molar-refractivity contribution is -0.121. The first-order chi connectivity index (χ1) is 15.2. The highest BCUT2D eigenvalue weighted by molar-refractivity contribution is 8.77. The van der Waals surface area contributed by atoms with Crippen LogP contribution < -0.4 is 10.3 Å². The molecule has 0 radical (unpaired) electrons. The van der Waals surface area contributed by atoms with Gasteiger partial charge in [-0.3, -0.25) is 14.8 Å². The molecule has 1 atom stereocenters. The Labute approximate surface area is 208 Å². The Hall–Kier alpha value is -1.70. The number of hydrazone groups is 1. The summed E-state index contributed by atoms with van der Waals surface area (Å²) in [5.41, 5.74) is 1.90. The van der Waals surface area contributed by atoms with E-state index in [1.165, 1.54) is 18.6 Å². The van der Waals surface area contributed by atoms with Gasteiger partial charge in [0.15, 0.2) is 0 Å². The molecule has 1 aliphatic rings. The molecule has 0 bridgehead atoms. The number of hydrogen-bond acceptors (Lipinski definition) is 6. The van der Waals surface area contributed by atoms with Gasteiger partial charge in [-0.15, -0.1) is 12.4 Å². The van der Waals surface area contributed by atoms with Crippen LogP contribution in [-0.2, 0) is 4.79 Å². The molecular weight excluding hydrogens is 460 g/mol. The van der Waals surface area contributed by atoms with Crippen LogP contribution in [0.1, 0.15) is 40.0 Å². The summed E-state index contributed by atoms with van der Waals surface area (Å²) in [5, 5.41) is 10.0. The molecule has 8 heteroatoms. The summed E-state index contributed by atoms with van der Waals surface area (Å²) in [5.74, 6) is 1.44. The number of hydrogen-bond donors (Lipinski definition) is 1. The minimum absolute atomic E-state index is 0. The summed E-state index contributed by atoms with van der Waals surface area (Å²) in [6.45, 7) is 5.18. The van der Waals surface area contributed by atoms with Crippen molar-refractivity contribution in [3.8, 4) is 0 Å².